The van der Waals surface area contributed by atoms with Gasteiger partial charge in [-0.15, -0.1) is 20.4 Å². The van der Waals surface area contributed by atoms with Crippen LogP contribution in [-0.4, -0.2) is 25.4 Å². The quantitative estimate of drug-likeness (QED) is 0.741. The second-order valence-electron chi connectivity index (χ2n) is 2.63. The van der Waals surface area contributed by atoms with Crippen LogP contribution in [0.25, 0.3) is 11.5 Å². The summed E-state index contributed by atoms with van der Waals surface area (Å²) >= 11 is 2.19. The van der Waals surface area contributed by atoms with Gasteiger partial charge in [0.25, 0.3) is 0 Å². The molecule has 2 aromatic rings. The van der Waals surface area contributed by atoms with E-state index >= 15 is 0 Å². The summed E-state index contributed by atoms with van der Waals surface area (Å²) in [6.45, 7) is 1.74. The number of hydrogen-bond donors (Lipinski definition) is 0. The molecule has 0 radical (unpaired) electrons. The average Bonchev–Trinajstić information content (AvgIpc) is 2.21. The first-order chi connectivity index (χ1) is 6.75. The molecule has 6 heteroatoms. The van der Waals surface area contributed by atoms with Crippen LogP contribution in [0.3, 0.4) is 0 Å². The van der Waals surface area contributed by atoms with Crippen LogP contribution >= 0.6 is 22.6 Å². The summed E-state index contributed by atoms with van der Waals surface area (Å²) in [5.41, 5.74) is 0.686. The van der Waals surface area contributed by atoms with E-state index < -0.39 is 0 Å². The predicted molar refractivity (Wildman–Crippen MR) is 58.3 cm³/mol. The second kappa shape index (κ2) is 3.91. The van der Waals surface area contributed by atoms with E-state index in [1.165, 1.54) is 0 Å². The van der Waals surface area contributed by atoms with E-state index in [0.717, 1.165) is 3.57 Å². The molecule has 0 aliphatic carbocycles. The summed E-state index contributed by atoms with van der Waals surface area (Å²) in [5.74, 6) is 1.01. The lowest BCUT2D eigenvalue weighted by molar-refractivity contribution is 0.812. The van der Waals surface area contributed by atoms with E-state index in [1.807, 2.05) is 12.1 Å². The standard InChI is InChI=1S/C8H6IN5/c1-5-11-13-8(14-12-5)7-3-2-6(9)4-10-7/h2-4H,1H3. The highest BCUT2D eigenvalue weighted by Gasteiger charge is 2.03. The third-order valence-electron chi connectivity index (χ3n) is 1.54. The van der Waals surface area contributed by atoms with Crippen molar-refractivity contribution in [1.82, 2.24) is 25.4 Å². The van der Waals surface area contributed by atoms with Crippen LogP contribution in [0.1, 0.15) is 5.82 Å². The maximum atomic E-state index is 4.17. The Bertz CT molecular complexity index is 381. The highest BCUT2D eigenvalue weighted by Crippen LogP contribution is 2.10. The van der Waals surface area contributed by atoms with Gasteiger partial charge in [-0.3, -0.25) is 4.98 Å². The van der Waals surface area contributed by atoms with Gasteiger partial charge in [-0.1, -0.05) is 0 Å². The summed E-state index contributed by atoms with van der Waals surface area (Å²) in [7, 11) is 0. The van der Waals surface area contributed by atoms with Crippen molar-refractivity contribution in [3.05, 3.63) is 27.7 Å². The number of aromatic nitrogens is 5. The van der Waals surface area contributed by atoms with Crippen molar-refractivity contribution in [2.75, 3.05) is 0 Å². The molecule has 0 amide bonds. The Kier molecular flexibility index (Phi) is 2.62. The molecule has 0 bridgehead atoms. The zero-order chi connectivity index (χ0) is 9.97. The first-order valence-corrected chi connectivity index (χ1v) is 4.99. The van der Waals surface area contributed by atoms with Crippen molar-refractivity contribution in [2.45, 2.75) is 6.92 Å². The van der Waals surface area contributed by atoms with Gasteiger partial charge >= 0.3 is 0 Å². The van der Waals surface area contributed by atoms with Crippen molar-refractivity contribution in [3.8, 4) is 11.5 Å². The van der Waals surface area contributed by atoms with Crippen LogP contribution in [0.5, 0.6) is 0 Å². The smallest absolute Gasteiger partial charge is 0.221 e. The van der Waals surface area contributed by atoms with Gasteiger partial charge in [0.15, 0.2) is 5.82 Å². The summed E-state index contributed by atoms with van der Waals surface area (Å²) in [4.78, 5) is 4.17. The number of rotatable bonds is 1. The molecule has 0 saturated heterocycles. The maximum Gasteiger partial charge on any atom is 0.221 e. The van der Waals surface area contributed by atoms with Crippen molar-refractivity contribution >= 4 is 22.6 Å². The lowest BCUT2D eigenvalue weighted by Crippen LogP contribution is -1.99. The fourth-order valence-electron chi connectivity index (χ4n) is 0.890. The van der Waals surface area contributed by atoms with Gasteiger partial charge < -0.3 is 0 Å². The number of nitrogens with zero attached hydrogens (tertiary/aromatic N) is 5. The summed E-state index contributed by atoms with van der Waals surface area (Å²) in [5, 5.41) is 15.4. The van der Waals surface area contributed by atoms with Crippen LogP contribution in [0, 0.1) is 10.5 Å². The number of halogens is 1. The molecule has 2 aromatic heterocycles. The van der Waals surface area contributed by atoms with Gasteiger partial charge in [-0.05, 0) is 41.6 Å². The van der Waals surface area contributed by atoms with Crippen LogP contribution in [0.4, 0.5) is 0 Å². The molecule has 2 rings (SSSR count). The number of pyridine rings is 1. The van der Waals surface area contributed by atoms with E-state index in [-0.39, 0.29) is 0 Å². The Hall–Kier alpha value is -1.18. The molecule has 0 N–H and O–H groups in total. The molecule has 0 atom stereocenters. The third kappa shape index (κ3) is 2.00. The zero-order valence-electron chi connectivity index (χ0n) is 7.35. The van der Waals surface area contributed by atoms with Crippen LogP contribution in [0.2, 0.25) is 0 Å². The first kappa shape index (κ1) is 9.38. The number of hydrogen-bond acceptors (Lipinski definition) is 5. The average molecular weight is 299 g/mol. The predicted octanol–water partition coefficient (Wildman–Crippen LogP) is 1.24. The van der Waals surface area contributed by atoms with Gasteiger partial charge in [0.05, 0.1) is 0 Å². The third-order valence-corrected chi connectivity index (χ3v) is 2.17. The topological polar surface area (TPSA) is 64.5 Å². The van der Waals surface area contributed by atoms with Gasteiger partial charge in [-0.25, -0.2) is 0 Å². The maximum absolute atomic E-state index is 4.17. The molecular formula is C8H6IN5. The molecule has 0 aromatic carbocycles. The Morgan fingerprint density at radius 3 is 2.36 bits per heavy atom. The van der Waals surface area contributed by atoms with E-state index in [1.54, 1.807) is 13.1 Å². The largest absolute Gasteiger partial charge is 0.252 e. The molecule has 0 saturated carbocycles. The van der Waals surface area contributed by atoms with Gasteiger partial charge in [0.2, 0.25) is 5.82 Å². The Morgan fingerprint density at radius 1 is 1.07 bits per heavy atom. The molecule has 0 unspecified atom stereocenters. The van der Waals surface area contributed by atoms with Crippen molar-refractivity contribution in [2.24, 2.45) is 0 Å². The van der Waals surface area contributed by atoms with Crippen molar-refractivity contribution < 1.29 is 0 Å². The highest BCUT2D eigenvalue weighted by atomic mass is 127. The number of aryl methyl sites for hydroxylation is 1. The fraction of sp³-hybridized carbons (Fsp3) is 0.125. The molecule has 0 aliphatic heterocycles. The summed E-state index contributed by atoms with van der Waals surface area (Å²) in [6, 6.07) is 3.78. The molecule has 0 spiro atoms. The van der Waals surface area contributed by atoms with Crippen LogP contribution in [-0.2, 0) is 0 Å². The lowest BCUT2D eigenvalue weighted by atomic mass is 10.3. The Morgan fingerprint density at radius 2 is 1.79 bits per heavy atom. The second-order valence-corrected chi connectivity index (χ2v) is 3.88. The van der Waals surface area contributed by atoms with Gasteiger partial charge in [0.1, 0.15) is 5.69 Å². The molecule has 0 aliphatic rings. The van der Waals surface area contributed by atoms with Crippen molar-refractivity contribution in [1.29, 1.82) is 0 Å². The first-order valence-electron chi connectivity index (χ1n) is 3.91. The molecule has 70 valence electrons. The molecular weight excluding hydrogens is 293 g/mol. The van der Waals surface area contributed by atoms with E-state index in [2.05, 4.69) is 48.0 Å². The minimum atomic E-state index is 0.451. The molecule has 0 fully saturated rings. The van der Waals surface area contributed by atoms with Gasteiger partial charge in [-0.2, -0.15) is 0 Å². The molecule has 5 nitrogen and oxygen atoms in total. The summed E-state index contributed by atoms with van der Waals surface area (Å²) < 4.78 is 1.07. The van der Waals surface area contributed by atoms with E-state index in [4.69, 9.17) is 0 Å². The minimum Gasteiger partial charge on any atom is -0.252 e. The Labute approximate surface area is 94.2 Å². The monoisotopic (exact) mass is 299 g/mol. The normalized spacial score (nSPS) is 10.1. The zero-order valence-corrected chi connectivity index (χ0v) is 9.50. The Balaban J connectivity index is 2.40. The lowest BCUT2D eigenvalue weighted by Gasteiger charge is -1.96. The van der Waals surface area contributed by atoms with Crippen LogP contribution < -0.4 is 0 Å². The van der Waals surface area contributed by atoms with Crippen LogP contribution in [0.15, 0.2) is 18.3 Å². The van der Waals surface area contributed by atoms with E-state index in [9.17, 15) is 0 Å². The van der Waals surface area contributed by atoms with Crippen molar-refractivity contribution in [3.63, 3.8) is 0 Å². The molecule has 2 heterocycles. The fourth-order valence-corrected chi connectivity index (χ4v) is 1.21. The highest BCUT2D eigenvalue weighted by molar-refractivity contribution is 14.1. The van der Waals surface area contributed by atoms with E-state index in [0.29, 0.717) is 17.3 Å². The minimum absolute atomic E-state index is 0.451. The summed E-state index contributed by atoms with van der Waals surface area (Å²) in [6.07, 6.45) is 1.75. The SMILES string of the molecule is Cc1nnc(-c2ccc(I)cn2)nn1. The van der Waals surface area contributed by atoms with Gasteiger partial charge in [0, 0.05) is 9.77 Å². The molecule has 14 heavy (non-hydrogen) atoms.